The van der Waals surface area contributed by atoms with Crippen LogP contribution in [0.2, 0.25) is 0 Å². The summed E-state index contributed by atoms with van der Waals surface area (Å²) in [7, 11) is 1.77. The Morgan fingerprint density at radius 3 is 2.60 bits per heavy atom. The summed E-state index contributed by atoms with van der Waals surface area (Å²) in [6.07, 6.45) is 0. The molecule has 0 saturated heterocycles. The maximum Gasteiger partial charge on any atom is 0.148 e. The van der Waals surface area contributed by atoms with Crippen molar-refractivity contribution < 1.29 is 8.78 Å². The van der Waals surface area contributed by atoms with Crippen molar-refractivity contribution in [2.24, 2.45) is 7.05 Å². The molecule has 0 unspecified atom stereocenters. The summed E-state index contributed by atoms with van der Waals surface area (Å²) >= 11 is 0. The number of anilines is 2. The van der Waals surface area contributed by atoms with Gasteiger partial charge >= 0.3 is 0 Å². The van der Waals surface area contributed by atoms with E-state index in [1.165, 1.54) is 12.1 Å². The molecule has 1 aromatic heterocycles. The highest BCUT2D eigenvalue weighted by atomic mass is 19.1. The predicted octanol–water partition coefficient (Wildman–Crippen LogP) is 3.02. The van der Waals surface area contributed by atoms with Crippen LogP contribution in [0.15, 0.2) is 18.2 Å². The summed E-state index contributed by atoms with van der Waals surface area (Å²) in [5, 5.41) is 7.38. The van der Waals surface area contributed by atoms with E-state index in [-0.39, 0.29) is 12.5 Å². The van der Waals surface area contributed by atoms with Crippen molar-refractivity contribution in [3.63, 3.8) is 0 Å². The third-order valence-corrected chi connectivity index (χ3v) is 3.12. The summed E-state index contributed by atoms with van der Waals surface area (Å²) in [4.78, 5) is 0. The molecular weight excluding hydrogens is 262 g/mol. The molecule has 0 fully saturated rings. The van der Waals surface area contributed by atoms with Gasteiger partial charge in [-0.05, 0) is 12.0 Å². The van der Waals surface area contributed by atoms with Gasteiger partial charge in [-0.3, -0.25) is 4.68 Å². The normalized spacial score (nSPS) is 11.1. The molecular formula is C14H18F2N4. The Bertz CT molecular complexity index is 620. The van der Waals surface area contributed by atoms with Crippen LogP contribution in [-0.4, -0.2) is 9.78 Å². The van der Waals surface area contributed by atoms with Crippen LogP contribution in [-0.2, 0) is 13.6 Å². The van der Waals surface area contributed by atoms with Gasteiger partial charge in [-0.25, -0.2) is 8.78 Å². The molecule has 0 aliphatic carbocycles. The fourth-order valence-electron chi connectivity index (χ4n) is 2.04. The van der Waals surface area contributed by atoms with Crippen LogP contribution in [0.4, 0.5) is 20.3 Å². The largest absolute Gasteiger partial charge is 0.394 e. The van der Waals surface area contributed by atoms with Crippen LogP contribution in [0.25, 0.3) is 0 Å². The van der Waals surface area contributed by atoms with Crippen molar-refractivity contribution in [2.45, 2.75) is 26.3 Å². The zero-order valence-corrected chi connectivity index (χ0v) is 11.7. The van der Waals surface area contributed by atoms with Gasteiger partial charge in [0.15, 0.2) is 0 Å². The minimum absolute atomic E-state index is 0.208. The van der Waals surface area contributed by atoms with Crippen LogP contribution in [0, 0.1) is 11.6 Å². The van der Waals surface area contributed by atoms with Crippen LogP contribution in [0.1, 0.15) is 31.0 Å². The quantitative estimate of drug-likeness (QED) is 0.905. The summed E-state index contributed by atoms with van der Waals surface area (Å²) < 4.78 is 28.0. The minimum atomic E-state index is -0.589. The SMILES string of the molecule is CC(C)c1nn(C)c(NCc2ccc(F)cc2F)c1N. The molecule has 2 rings (SSSR count). The molecule has 0 saturated carbocycles. The molecule has 0 aliphatic heterocycles. The molecule has 1 heterocycles. The van der Waals surface area contributed by atoms with E-state index in [4.69, 9.17) is 5.73 Å². The number of nitrogen functional groups attached to an aromatic ring is 1. The van der Waals surface area contributed by atoms with Crippen LogP contribution in [0.5, 0.6) is 0 Å². The van der Waals surface area contributed by atoms with Crippen molar-refractivity contribution >= 4 is 11.5 Å². The summed E-state index contributed by atoms with van der Waals surface area (Å²) in [6, 6.07) is 3.50. The number of halogens is 2. The fraction of sp³-hybridized carbons (Fsp3) is 0.357. The van der Waals surface area contributed by atoms with E-state index in [1.807, 2.05) is 13.8 Å². The summed E-state index contributed by atoms with van der Waals surface area (Å²) in [6.45, 7) is 4.22. The number of hydrogen-bond donors (Lipinski definition) is 2. The highest BCUT2D eigenvalue weighted by Crippen LogP contribution is 2.28. The standard InChI is InChI=1S/C14H18F2N4/c1-8(2)13-12(17)14(20(3)19-13)18-7-9-4-5-10(15)6-11(9)16/h4-6,8,18H,7,17H2,1-3H3. The van der Waals surface area contributed by atoms with E-state index in [1.54, 1.807) is 11.7 Å². The second kappa shape index (κ2) is 5.48. The lowest BCUT2D eigenvalue weighted by atomic mass is 10.1. The average Bonchev–Trinajstić information content (AvgIpc) is 2.65. The third-order valence-electron chi connectivity index (χ3n) is 3.12. The Morgan fingerprint density at radius 2 is 2.05 bits per heavy atom. The van der Waals surface area contributed by atoms with E-state index < -0.39 is 11.6 Å². The minimum Gasteiger partial charge on any atom is -0.394 e. The van der Waals surface area contributed by atoms with Gasteiger partial charge in [-0.15, -0.1) is 0 Å². The smallest absolute Gasteiger partial charge is 0.148 e. The first kappa shape index (κ1) is 14.3. The molecule has 2 aromatic rings. The van der Waals surface area contributed by atoms with E-state index in [0.29, 0.717) is 17.1 Å². The van der Waals surface area contributed by atoms with Gasteiger partial charge in [0, 0.05) is 25.2 Å². The van der Waals surface area contributed by atoms with Gasteiger partial charge in [-0.2, -0.15) is 5.10 Å². The molecule has 0 amide bonds. The van der Waals surface area contributed by atoms with E-state index in [0.717, 1.165) is 11.8 Å². The number of benzene rings is 1. The monoisotopic (exact) mass is 280 g/mol. The van der Waals surface area contributed by atoms with Gasteiger partial charge in [-0.1, -0.05) is 19.9 Å². The number of hydrogen-bond acceptors (Lipinski definition) is 3. The maximum absolute atomic E-state index is 13.6. The zero-order valence-electron chi connectivity index (χ0n) is 11.7. The molecule has 0 atom stereocenters. The molecule has 1 aromatic carbocycles. The van der Waals surface area contributed by atoms with Gasteiger partial charge in [0.1, 0.15) is 17.5 Å². The Morgan fingerprint density at radius 1 is 1.35 bits per heavy atom. The predicted molar refractivity (Wildman–Crippen MR) is 75.4 cm³/mol. The Labute approximate surface area is 116 Å². The highest BCUT2D eigenvalue weighted by molar-refractivity contribution is 5.65. The first-order valence-corrected chi connectivity index (χ1v) is 6.40. The number of nitrogens with zero attached hydrogens (tertiary/aromatic N) is 2. The number of rotatable bonds is 4. The number of aromatic nitrogens is 2. The van der Waals surface area contributed by atoms with Gasteiger partial charge in [0.25, 0.3) is 0 Å². The topological polar surface area (TPSA) is 55.9 Å². The number of aryl methyl sites for hydroxylation is 1. The van der Waals surface area contributed by atoms with E-state index >= 15 is 0 Å². The molecule has 3 N–H and O–H groups in total. The Balaban J connectivity index is 2.19. The molecule has 0 radical (unpaired) electrons. The second-order valence-corrected chi connectivity index (χ2v) is 5.02. The van der Waals surface area contributed by atoms with Crippen molar-refractivity contribution in [3.05, 3.63) is 41.1 Å². The first-order chi connectivity index (χ1) is 9.40. The first-order valence-electron chi connectivity index (χ1n) is 6.40. The fourth-order valence-corrected chi connectivity index (χ4v) is 2.04. The average molecular weight is 280 g/mol. The van der Waals surface area contributed by atoms with Crippen molar-refractivity contribution in [1.82, 2.24) is 9.78 Å². The van der Waals surface area contributed by atoms with Crippen molar-refractivity contribution in [1.29, 1.82) is 0 Å². The van der Waals surface area contributed by atoms with Crippen LogP contribution >= 0.6 is 0 Å². The molecule has 0 bridgehead atoms. The van der Waals surface area contributed by atoms with Crippen molar-refractivity contribution in [2.75, 3.05) is 11.1 Å². The van der Waals surface area contributed by atoms with Crippen LogP contribution in [0.3, 0.4) is 0 Å². The molecule has 20 heavy (non-hydrogen) atoms. The van der Waals surface area contributed by atoms with Gasteiger partial charge < -0.3 is 11.1 Å². The van der Waals surface area contributed by atoms with E-state index in [9.17, 15) is 8.78 Å². The molecule has 4 nitrogen and oxygen atoms in total. The number of nitrogens with two attached hydrogens (primary N) is 1. The highest BCUT2D eigenvalue weighted by Gasteiger charge is 2.16. The summed E-state index contributed by atoms with van der Waals surface area (Å²) in [5.41, 5.74) is 7.77. The third kappa shape index (κ3) is 2.74. The molecule has 0 spiro atoms. The second-order valence-electron chi connectivity index (χ2n) is 5.02. The molecule has 108 valence electrons. The van der Waals surface area contributed by atoms with Crippen LogP contribution < -0.4 is 11.1 Å². The maximum atomic E-state index is 13.6. The Kier molecular flexibility index (Phi) is 3.92. The number of nitrogens with one attached hydrogen (secondary N) is 1. The lowest BCUT2D eigenvalue weighted by molar-refractivity contribution is 0.573. The lowest BCUT2D eigenvalue weighted by Crippen LogP contribution is -2.07. The van der Waals surface area contributed by atoms with E-state index in [2.05, 4.69) is 10.4 Å². The van der Waals surface area contributed by atoms with Crippen molar-refractivity contribution in [3.8, 4) is 0 Å². The Hall–Kier alpha value is -2.11. The summed E-state index contributed by atoms with van der Waals surface area (Å²) in [5.74, 6) is -0.326. The van der Waals surface area contributed by atoms with Gasteiger partial charge in [0.05, 0.1) is 11.4 Å². The molecule has 0 aliphatic rings. The lowest BCUT2D eigenvalue weighted by Gasteiger charge is -2.09. The van der Waals surface area contributed by atoms with Gasteiger partial charge in [0.2, 0.25) is 0 Å². The zero-order chi connectivity index (χ0) is 14.9. The molecule has 6 heteroatoms.